The van der Waals surface area contributed by atoms with Crippen LogP contribution in [0.15, 0.2) is 90.0 Å². The third-order valence-electron chi connectivity index (χ3n) is 5.00. The van der Waals surface area contributed by atoms with Gasteiger partial charge in [0.1, 0.15) is 6.61 Å². The van der Waals surface area contributed by atoms with Gasteiger partial charge in [-0.25, -0.2) is 5.43 Å². The molecule has 5 nitrogen and oxygen atoms in total. The smallest absolute Gasteiger partial charge is 0.271 e. The Morgan fingerprint density at radius 3 is 2.52 bits per heavy atom. The van der Waals surface area contributed by atoms with Crippen LogP contribution in [0.5, 0.6) is 11.5 Å². The maximum absolute atomic E-state index is 12.5. The maximum Gasteiger partial charge on any atom is 0.271 e. The van der Waals surface area contributed by atoms with Gasteiger partial charge in [-0.2, -0.15) is 5.10 Å². The van der Waals surface area contributed by atoms with Gasteiger partial charge < -0.3 is 9.47 Å². The molecule has 0 atom stereocenters. The summed E-state index contributed by atoms with van der Waals surface area (Å²) >= 11 is 6.21. The van der Waals surface area contributed by atoms with E-state index in [1.54, 1.807) is 12.3 Å². The highest BCUT2D eigenvalue weighted by atomic mass is 35.5. The van der Waals surface area contributed by atoms with E-state index >= 15 is 0 Å². The minimum Gasteiger partial charge on any atom is -0.490 e. The minimum absolute atomic E-state index is 0.276. The summed E-state index contributed by atoms with van der Waals surface area (Å²) in [6.45, 7) is 2.72. The van der Waals surface area contributed by atoms with Crippen molar-refractivity contribution in [2.75, 3.05) is 6.61 Å². The fraction of sp³-hybridized carbons (Fsp3) is 0.111. The number of hydrazone groups is 1. The van der Waals surface area contributed by atoms with Gasteiger partial charge in [-0.05, 0) is 59.7 Å². The van der Waals surface area contributed by atoms with Gasteiger partial charge in [0.25, 0.3) is 5.91 Å². The Hall–Kier alpha value is -3.83. The summed E-state index contributed by atoms with van der Waals surface area (Å²) in [4.78, 5) is 12.5. The third kappa shape index (κ3) is 5.70. The minimum atomic E-state index is -0.276. The van der Waals surface area contributed by atoms with Crippen molar-refractivity contribution < 1.29 is 14.3 Å². The van der Waals surface area contributed by atoms with Gasteiger partial charge in [0.15, 0.2) is 11.5 Å². The van der Waals surface area contributed by atoms with Crippen LogP contribution in [0.25, 0.3) is 10.8 Å². The molecule has 0 bridgehead atoms. The average Bonchev–Trinajstić information content (AvgIpc) is 2.84. The molecule has 4 aromatic rings. The zero-order chi connectivity index (χ0) is 23.0. The Morgan fingerprint density at radius 2 is 1.70 bits per heavy atom. The molecule has 1 N–H and O–H groups in total. The van der Waals surface area contributed by atoms with Crippen molar-refractivity contribution in [2.45, 2.75) is 13.5 Å². The van der Waals surface area contributed by atoms with Crippen LogP contribution in [0.3, 0.4) is 0 Å². The number of halogens is 1. The normalized spacial score (nSPS) is 11.0. The van der Waals surface area contributed by atoms with Crippen LogP contribution in [0, 0.1) is 0 Å². The summed E-state index contributed by atoms with van der Waals surface area (Å²) in [7, 11) is 0. The molecular weight excluding hydrogens is 436 g/mol. The van der Waals surface area contributed by atoms with Gasteiger partial charge >= 0.3 is 0 Å². The number of hydrogen-bond donors (Lipinski definition) is 1. The molecule has 0 fully saturated rings. The summed E-state index contributed by atoms with van der Waals surface area (Å²) < 4.78 is 11.7. The molecular formula is C27H23ClN2O3. The van der Waals surface area contributed by atoms with E-state index in [-0.39, 0.29) is 5.91 Å². The molecule has 0 radical (unpaired) electrons. The predicted octanol–water partition coefficient (Wildman–Crippen LogP) is 6.23. The first-order valence-electron chi connectivity index (χ1n) is 10.6. The molecule has 4 rings (SSSR count). The summed E-state index contributed by atoms with van der Waals surface area (Å²) in [5.41, 5.74) is 4.78. The molecule has 0 aliphatic carbocycles. The Labute approximate surface area is 197 Å². The van der Waals surface area contributed by atoms with Crippen molar-refractivity contribution >= 4 is 34.5 Å². The molecule has 0 unspecified atom stereocenters. The fourth-order valence-electron chi connectivity index (χ4n) is 3.32. The third-order valence-corrected chi connectivity index (χ3v) is 5.37. The second kappa shape index (κ2) is 10.7. The number of rotatable bonds is 8. The Bertz CT molecular complexity index is 1300. The second-order valence-electron chi connectivity index (χ2n) is 7.28. The van der Waals surface area contributed by atoms with Crippen LogP contribution in [-0.2, 0) is 6.61 Å². The predicted molar refractivity (Wildman–Crippen MR) is 132 cm³/mol. The largest absolute Gasteiger partial charge is 0.490 e. The SMILES string of the molecule is CCOc1cc(/C=N\NC(=O)c2ccc3ccccc3c2)ccc1OCc1ccccc1Cl. The van der Waals surface area contributed by atoms with Crippen LogP contribution in [0.1, 0.15) is 28.4 Å². The highest BCUT2D eigenvalue weighted by Crippen LogP contribution is 2.29. The number of carbonyl (C=O) groups is 1. The van der Waals surface area contributed by atoms with Crippen molar-refractivity contribution in [3.05, 3.63) is 107 Å². The maximum atomic E-state index is 12.5. The van der Waals surface area contributed by atoms with Crippen LogP contribution < -0.4 is 14.9 Å². The highest BCUT2D eigenvalue weighted by molar-refractivity contribution is 6.31. The van der Waals surface area contributed by atoms with E-state index in [2.05, 4.69) is 10.5 Å². The van der Waals surface area contributed by atoms with Gasteiger partial charge in [-0.15, -0.1) is 0 Å². The molecule has 4 aromatic carbocycles. The van der Waals surface area contributed by atoms with E-state index in [0.717, 1.165) is 21.9 Å². The molecule has 166 valence electrons. The molecule has 33 heavy (non-hydrogen) atoms. The van der Waals surface area contributed by atoms with Gasteiger partial charge in [0.2, 0.25) is 0 Å². The number of nitrogens with one attached hydrogen (secondary N) is 1. The lowest BCUT2D eigenvalue weighted by Gasteiger charge is -2.13. The fourth-order valence-corrected chi connectivity index (χ4v) is 3.51. The lowest BCUT2D eigenvalue weighted by Crippen LogP contribution is -2.17. The Morgan fingerprint density at radius 1 is 0.909 bits per heavy atom. The molecule has 0 heterocycles. The number of hydrogen-bond acceptors (Lipinski definition) is 4. The number of nitrogens with zero attached hydrogens (tertiary/aromatic N) is 1. The van der Waals surface area contributed by atoms with Crippen LogP contribution in [-0.4, -0.2) is 18.7 Å². The number of carbonyl (C=O) groups excluding carboxylic acids is 1. The van der Waals surface area contributed by atoms with Crippen molar-refractivity contribution in [2.24, 2.45) is 5.10 Å². The van der Waals surface area contributed by atoms with Crippen LogP contribution in [0.4, 0.5) is 0 Å². The van der Waals surface area contributed by atoms with E-state index < -0.39 is 0 Å². The second-order valence-corrected chi connectivity index (χ2v) is 7.69. The molecule has 6 heteroatoms. The monoisotopic (exact) mass is 458 g/mol. The van der Waals surface area contributed by atoms with E-state index in [1.165, 1.54) is 0 Å². The summed E-state index contributed by atoms with van der Waals surface area (Å²) in [6, 6.07) is 26.5. The van der Waals surface area contributed by atoms with E-state index in [4.69, 9.17) is 21.1 Å². The topological polar surface area (TPSA) is 59.9 Å². The zero-order valence-corrected chi connectivity index (χ0v) is 18.9. The lowest BCUT2D eigenvalue weighted by atomic mass is 10.1. The first kappa shape index (κ1) is 22.4. The molecule has 0 spiro atoms. The van der Waals surface area contributed by atoms with Crippen molar-refractivity contribution in [3.8, 4) is 11.5 Å². The Kier molecular flexibility index (Phi) is 7.22. The van der Waals surface area contributed by atoms with Gasteiger partial charge in [-0.3, -0.25) is 4.79 Å². The van der Waals surface area contributed by atoms with Gasteiger partial charge in [0, 0.05) is 16.1 Å². The van der Waals surface area contributed by atoms with Gasteiger partial charge in [0.05, 0.1) is 12.8 Å². The summed E-state index contributed by atoms with van der Waals surface area (Å²) in [5, 5.41) is 6.83. The van der Waals surface area contributed by atoms with E-state index in [9.17, 15) is 4.79 Å². The lowest BCUT2D eigenvalue weighted by molar-refractivity contribution is 0.0955. The molecule has 0 aromatic heterocycles. The zero-order valence-electron chi connectivity index (χ0n) is 18.1. The first-order chi connectivity index (χ1) is 16.1. The number of fused-ring (bicyclic) bond motifs is 1. The van der Waals surface area contributed by atoms with Crippen molar-refractivity contribution in [3.63, 3.8) is 0 Å². The van der Waals surface area contributed by atoms with Crippen molar-refractivity contribution in [1.82, 2.24) is 5.43 Å². The Balaban J connectivity index is 1.43. The number of benzene rings is 4. The standard InChI is InChI=1S/C27H23ClN2O3/c1-2-32-26-15-19(11-14-25(26)33-18-23-9-5-6-10-24(23)28)17-29-30-27(31)22-13-12-20-7-3-4-8-21(20)16-22/h3-17H,2,18H2,1H3,(H,30,31)/b29-17-. The molecule has 1 amide bonds. The number of ether oxygens (including phenoxy) is 2. The summed E-state index contributed by atoms with van der Waals surface area (Å²) in [6.07, 6.45) is 1.57. The molecule has 0 aliphatic rings. The molecule has 0 aliphatic heterocycles. The first-order valence-corrected chi connectivity index (χ1v) is 11.0. The van der Waals surface area contributed by atoms with E-state index in [1.807, 2.05) is 85.8 Å². The molecule has 0 saturated heterocycles. The van der Waals surface area contributed by atoms with Gasteiger partial charge in [-0.1, -0.05) is 60.1 Å². The quantitative estimate of drug-likeness (QED) is 0.251. The average molecular weight is 459 g/mol. The highest BCUT2D eigenvalue weighted by Gasteiger charge is 2.09. The number of amides is 1. The van der Waals surface area contributed by atoms with Crippen molar-refractivity contribution in [1.29, 1.82) is 0 Å². The van der Waals surface area contributed by atoms with Crippen LogP contribution in [0.2, 0.25) is 5.02 Å². The molecule has 0 saturated carbocycles. The van der Waals surface area contributed by atoms with Crippen LogP contribution >= 0.6 is 11.6 Å². The summed E-state index contributed by atoms with van der Waals surface area (Å²) in [5.74, 6) is 0.921. The van der Waals surface area contributed by atoms with E-state index in [0.29, 0.717) is 35.3 Å².